The van der Waals surface area contributed by atoms with Gasteiger partial charge in [0.05, 0.1) is 6.10 Å². The van der Waals surface area contributed by atoms with Crippen LogP contribution >= 0.6 is 0 Å². The fourth-order valence-corrected chi connectivity index (χ4v) is 0.628. The zero-order chi connectivity index (χ0) is 11.6. The summed E-state index contributed by atoms with van der Waals surface area (Å²) in [5.41, 5.74) is 4.85. The number of ether oxygens (including phenoxy) is 1. The molecule has 0 heterocycles. The number of hydrogen-bond acceptors (Lipinski definition) is 2. The first kappa shape index (κ1) is 13.5. The lowest BCUT2D eigenvalue weighted by molar-refractivity contribution is -0.329. The quantitative estimate of drug-likeness (QED) is 0.744. The number of halogens is 6. The second kappa shape index (κ2) is 4.35. The Kier molecular flexibility index (Phi) is 4.19. The molecular formula is C6H9F6NO. The Hall–Kier alpha value is -0.500. The van der Waals surface area contributed by atoms with Gasteiger partial charge in [0, 0.05) is 6.54 Å². The van der Waals surface area contributed by atoms with Crippen LogP contribution in [0, 0.1) is 0 Å². The van der Waals surface area contributed by atoms with Crippen LogP contribution in [0.1, 0.15) is 6.92 Å². The van der Waals surface area contributed by atoms with Crippen molar-refractivity contribution in [3.8, 4) is 0 Å². The van der Waals surface area contributed by atoms with Gasteiger partial charge in [-0.25, -0.2) is 0 Å². The third-order valence-corrected chi connectivity index (χ3v) is 1.29. The molecule has 0 aliphatic rings. The maximum absolute atomic E-state index is 11.8. The van der Waals surface area contributed by atoms with E-state index in [1.54, 1.807) is 0 Å². The van der Waals surface area contributed by atoms with Crippen molar-refractivity contribution in [1.29, 1.82) is 0 Å². The lowest BCUT2D eigenvalue weighted by atomic mass is 10.3. The summed E-state index contributed by atoms with van der Waals surface area (Å²) in [6.07, 6.45) is -16.0. The van der Waals surface area contributed by atoms with Gasteiger partial charge in [-0.05, 0) is 6.92 Å². The van der Waals surface area contributed by atoms with Crippen LogP contribution in [0.15, 0.2) is 0 Å². The molecule has 0 amide bonds. The molecule has 0 saturated carbocycles. The third-order valence-electron chi connectivity index (χ3n) is 1.29. The summed E-state index contributed by atoms with van der Waals surface area (Å²) in [6, 6.07) is 0. The molecule has 2 nitrogen and oxygen atoms in total. The van der Waals surface area contributed by atoms with Gasteiger partial charge in [0.2, 0.25) is 6.10 Å². The van der Waals surface area contributed by atoms with Crippen molar-refractivity contribution >= 4 is 0 Å². The SMILES string of the molecule is CC(CN)OC(C(F)(F)F)C(F)(F)F. The second-order valence-corrected chi connectivity index (χ2v) is 2.65. The monoisotopic (exact) mass is 225 g/mol. The van der Waals surface area contributed by atoms with Gasteiger partial charge >= 0.3 is 12.4 Å². The van der Waals surface area contributed by atoms with E-state index in [-0.39, 0.29) is 0 Å². The summed E-state index contributed by atoms with van der Waals surface area (Å²) in [4.78, 5) is 0. The molecule has 0 aromatic rings. The van der Waals surface area contributed by atoms with Crippen molar-refractivity contribution in [2.75, 3.05) is 6.54 Å². The molecule has 86 valence electrons. The molecule has 1 atom stereocenters. The summed E-state index contributed by atoms with van der Waals surface area (Å²) >= 11 is 0. The van der Waals surface area contributed by atoms with Crippen LogP contribution in [0.4, 0.5) is 26.3 Å². The molecule has 14 heavy (non-hydrogen) atoms. The van der Waals surface area contributed by atoms with E-state index in [1.807, 2.05) is 0 Å². The molecule has 0 saturated heterocycles. The van der Waals surface area contributed by atoms with E-state index in [2.05, 4.69) is 4.74 Å². The summed E-state index contributed by atoms with van der Waals surface area (Å²) < 4.78 is 74.7. The van der Waals surface area contributed by atoms with Gasteiger partial charge in [0.1, 0.15) is 0 Å². The predicted molar refractivity (Wildman–Crippen MR) is 35.5 cm³/mol. The van der Waals surface area contributed by atoms with E-state index in [1.165, 1.54) is 0 Å². The molecule has 0 aromatic carbocycles. The fourth-order valence-electron chi connectivity index (χ4n) is 0.628. The molecule has 0 bridgehead atoms. The molecule has 2 N–H and O–H groups in total. The highest BCUT2D eigenvalue weighted by Crippen LogP contribution is 2.36. The van der Waals surface area contributed by atoms with Gasteiger partial charge in [-0.3, -0.25) is 0 Å². The zero-order valence-corrected chi connectivity index (χ0v) is 7.12. The third kappa shape index (κ3) is 4.14. The highest BCUT2D eigenvalue weighted by molar-refractivity contribution is 4.77. The van der Waals surface area contributed by atoms with E-state index in [0.717, 1.165) is 6.92 Å². The van der Waals surface area contributed by atoms with Crippen LogP contribution in [0.5, 0.6) is 0 Å². The largest absolute Gasteiger partial charge is 0.423 e. The summed E-state index contributed by atoms with van der Waals surface area (Å²) in [5, 5.41) is 0. The zero-order valence-electron chi connectivity index (χ0n) is 7.12. The van der Waals surface area contributed by atoms with E-state index in [9.17, 15) is 26.3 Å². The topological polar surface area (TPSA) is 35.2 Å². The number of alkyl halides is 6. The van der Waals surface area contributed by atoms with Crippen molar-refractivity contribution < 1.29 is 31.1 Å². The Balaban J connectivity index is 4.59. The van der Waals surface area contributed by atoms with Crippen molar-refractivity contribution in [1.82, 2.24) is 0 Å². The first-order valence-electron chi connectivity index (χ1n) is 3.58. The Morgan fingerprint density at radius 1 is 1.07 bits per heavy atom. The summed E-state index contributed by atoms with van der Waals surface area (Å²) in [5.74, 6) is 0. The Bertz CT molecular complexity index is 162. The van der Waals surface area contributed by atoms with Crippen molar-refractivity contribution in [2.45, 2.75) is 31.5 Å². The van der Waals surface area contributed by atoms with Crippen LogP contribution in [0.3, 0.4) is 0 Å². The minimum Gasteiger partial charge on any atom is -0.357 e. The minimum absolute atomic E-state index is 0.414. The van der Waals surface area contributed by atoms with Crippen LogP contribution < -0.4 is 5.73 Å². The standard InChI is InChI=1S/C6H9F6NO/c1-3(2-13)14-4(5(7,8)9)6(10,11)12/h3-4H,2,13H2,1H3. The fraction of sp³-hybridized carbons (Fsp3) is 1.00. The number of hydrogen-bond donors (Lipinski definition) is 1. The minimum atomic E-state index is -5.47. The molecular weight excluding hydrogens is 216 g/mol. The normalized spacial score (nSPS) is 16.1. The lowest BCUT2D eigenvalue weighted by Crippen LogP contribution is -2.47. The molecule has 0 spiro atoms. The Morgan fingerprint density at radius 2 is 1.43 bits per heavy atom. The first-order chi connectivity index (χ1) is 6.09. The van der Waals surface area contributed by atoms with Gasteiger partial charge in [-0.1, -0.05) is 0 Å². The van der Waals surface area contributed by atoms with Crippen molar-refractivity contribution in [3.63, 3.8) is 0 Å². The molecule has 0 rings (SSSR count). The van der Waals surface area contributed by atoms with Crippen LogP contribution in [0.2, 0.25) is 0 Å². The van der Waals surface area contributed by atoms with Gasteiger partial charge in [0.25, 0.3) is 0 Å². The lowest BCUT2D eigenvalue weighted by Gasteiger charge is -2.25. The smallest absolute Gasteiger partial charge is 0.357 e. The van der Waals surface area contributed by atoms with E-state index >= 15 is 0 Å². The molecule has 0 fully saturated rings. The van der Waals surface area contributed by atoms with E-state index < -0.39 is 31.1 Å². The van der Waals surface area contributed by atoms with Crippen LogP contribution in [-0.4, -0.2) is 31.1 Å². The predicted octanol–water partition coefficient (Wildman–Crippen LogP) is 1.84. The summed E-state index contributed by atoms with van der Waals surface area (Å²) in [7, 11) is 0. The molecule has 1 unspecified atom stereocenters. The van der Waals surface area contributed by atoms with Crippen LogP contribution in [-0.2, 0) is 4.74 Å². The molecule has 8 heteroatoms. The molecule has 0 aliphatic heterocycles. The van der Waals surface area contributed by atoms with Gasteiger partial charge in [-0.2, -0.15) is 26.3 Å². The maximum atomic E-state index is 11.8. The van der Waals surface area contributed by atoms with Crippen LogP contribution in [0.25, 0.3) is 0 Å². The van der Waals surface area contributed by atoms with E-state index in [4.69, 9.17) is 5.73 Å². The average molecular weight is 225 g/mol. The van der Waals surface area contributed by atoms with E-state index in [0.29, 0.717) is 0 Å². The highest BCUT2D eigenvalue weighted by Gasteiger charge is 2.58. The van der Waals surface area contributed by atoms with Crippen molar-refractivity contribution in [2.24, 2.45) is 5.73 Å². The molecule has 0 aliphatic carbocycles. The highest BCUT2D eigenvalue weighted by atomic mass is 19.4. The first-order valence-corrected chi connectivity index (χ1v) is 3.58. The number of nitrogens with two attached hydrogens (primary N) is 1. The second-order valence-electron chi connectivity index (χ2n) is 2.65. The Morgan fingerprint density at radius 3 is 1.64 bits per heavy atom. The van der Waals surface area contributed by atoms with Gasteiger partial charge in [0.15, 0.2) is 0 Å². The van der Waals surface area contributed by atoms with Crippen molar-refractivity contribution in [3.05, 3.63) is 0 Å². The molecule has 0 radical (unpaired) electrons. The Labute approximate surface area is 76.0 Å². The maximum Gasteiger partial charge on any atom is 0.423 e. The number of rotatable bonds is 3. The van der Waals surface area contributed by atoms with Gasteiger partial charge in [-0.15, -0.1) is 0 Å². The average Bonchev–Trinajstić information content (AvgIpc) is 1.95. The van der Waals surface area contributed by atoms with Gasteiger partial charge < -0.3 is 10.5 Å². The summed E-state index contributed by atoms with van der Waals surface area (Å²) in [6.45, 7) is 0.618. The molecule has 0 aromatic heterocycles.